The Morgan fingerprint density at radius 1 is 1.40 bits per heavy atom. The minimum atomic E-state index is -0.427. The molecule has 1 fully saturated rings. The number of likely N-dealkylation sites (tertiary alicyclic amines) is 1. The monoisotopic (exact) mass is 346 g/mol. The fourth-order valence-electron chi connectivity index (χ4n) is 3.27. The van der Waals surface area contributed by atoms with Crippen molar-refractivity contribution in [1.29, 1.82) is 0 Å². The number of aromatic amines is 1. The maximum atomic E-state index is 12.9. The molecule has 0 bridgehead atoms. The first kappa shape index (κ1) is 17.2. The minimum absolute atomic E-state index is 0.00936. The molecule has 1 aliphatic heterocycles. The fourth-order valence-corrected chi connectivity index (χ4v) is 3.27. The van der Waals surface area contributed by atoms with Crippen LogP contribution >= 0.6 is 0 Å². The predicted molar refractivity (Wildman–Crippen MR) is 90.5 cm³/mol. The van der Waals surface area contributed by atoms with Crippen molar-refractivity contribution < 1.29 is 14.3 Å². The topological polar surface area (TPSA) is 96.8 Å². The zero-order valence-electron chi connectivity index (χ0n) is 14.4. The first-order chi connectivity index (χ1) is 12.0. The number of carbonyl (C=O) groups excluding carboxylic acids is 2. The van der Waals surface area contributed by atoms with Crippen LogP contribution in [0.5, 0.6) is 0 Å². The van der Waals surface area contributed by atoms with E-state index >= 15 is 0 Å². The van der Waals surface area contributed by atoms with Crippen LogP contribution in [0.25, 0.3) is 5.65 Å². The molecule has 2 aromatic heterocycles. The molecule has 0 aliphatic carbocycles. The summed E-state index contributed by atoms with van der Waals surface area (Å²) >= 11 is 0. The zero-order valence-corrected chi connectivity index (χ0v) is 14.4. The van der Waals surface area contributed by atoms with E-state index in [9.17, 15) is 14.4 Å². The van der Waals surface area contributed by atoms with E-state index < -0.39 is 5.56 Å². The van der Waals surface area contributed by atoms with E-state index in [1.165, 1.54) is 10.7 Å². The number of rotatable bonds is 4. The number of hydrogen-bond donors (Lipinski definition) is 1. The third-order valence-corrected chi connectivity index (χ3v) is 4.45. The first-order valence-electron chi connectivity index (χ1n) is 8.55. The van der Waals surface area contributed by atoms with Gasteiger partial charge >= 0.3 is 5.97 Å². The van der Waals surface area contributed by atoms with E-state index in [1.54, 1.807) is 17.9 Å². The van der Waals surface area contributed by atoms with Crippen molar-refractivity contribution in [2.45, 2.75) is 45.6 Å². The van der Waals surface area contributed by atoms with E-state index in [0.29, 0.717) is 18.8 Å². The van der Waals surface area contributed by atoms with Gasteiger partial charge in [0.2, 0.25) is 0 Å². The molecule has 8 nitrogen and oxygen atoms in total. The molecule has 134 valence electrons. The normalized spacial score (nSPS) is 17.7. The van der Waals surface area contributed by atoms with Gasteiger partial charge in [0.05, 0.1) is 13.0 Å². The van der Waals surface area contributed by atoms with Crippen molar-refractivity contribution in [1.82, 2.24) is 19.5 Å². The maximum absolute atomic E-state index is 12.9. The van der Waals surface area contributed by atoms with E-state index in [1.807, 2.05) is 6.92 Å². The summed E-state index contributed by atoms with van der Waals surface area (Å²) in [5, 5.41) is 2.88. The Hall–Kier alpha value is -2.64. The number of carbonyl (C=O) groups is 2. The number of piperidine rings is 1. The van der Waals surface area contributed by atoms with Crippen LogP contribution in [0.15, 0.2) is 17.1 Å². The Morgan fingerprint density at radius 2 is 2.20 bits per heavy atom. The third kappa shape index (κ3) is 3.42. The second kappa shape index (κ2) is 7.08. The van der Waals surface area contributed by atoms with Crippen LogP contribution in [0.3, 0.4) is 0 Å². The summed E-state index contributed by atoms with van der Waals surface area (Å²) in [6.07, 6.45) is 3.99. The fraction of sp³-hybridized carbons (Fsp3) is 0.529. The second-order valence-corrected chi connectivity index (χ2v) is 6.27. The van der Waals surface area contributed by atoms with Crippen molar-refractivity contribution in [2.24, 2.45) is 0 Å². The average Bonchev–Trinajstić information content (AvgIpc) is 2.97. The van der Waals surface area contributed by atoms with Gasteiger partial charge in [0.15, 0.2) is 5.65 Å². The van der Waals surface area contributed by atoms with Gasteiger partial charge in [-0.05, 0) is 33.1 Å². The van der Waals surface area contributed by atoms with Crippen molar-refractivity contribution in [3.8, 4) is 0 Å². The lowest BCUT2D eigenvalue weighted by Crippen LogP contribution is -2.46. The molecule has 3 rings (SSSR count). The predicted octanol–water partition coefficient (Wildman–Crippen LogP) is 1.28. The number of aryl methyl sites for hydroxylation is 1. The molecule has 1 atom stereocenters. The summed E-state index contributed by atoms with van der Waals surface area (Å²) in [6.45, 7) is 4.40. The third-order valence-electron chi connectivity index (χ3n) is 4.45. The second-order valence-electron chi connectivity index (χ2n) is 6.27. The van der Waals surface area contributed by atoms with Gasteiger partial charge in [0.25, 0.3) is 11.5 Å². The van der Waals surface area contributed by atoms with Crippen LogP contribution < -0.4 is 5.56 Å². The average molecular weight is 346 g/mol. The molecule has 0 unspecified atom stereocenters. The number of amides is 1. The number of fused-ring (bicyclic) bond motifs is 1. The highest BCUT2D eigenvalue weighted by molar-refractivity contribution is 5.94. The molecular formula is C17H22N4O4. The number of aromatic nitrogens is 3. The standard InChI is InChI=1S/C17H22N4O4/c1-3-25-15(22)9-12-6-4-5-7-20(12)16(23)13-10-18-14-8-11(2)19-21(14)17(13)24/h8,10,12,19H,3-7,9H2,1-2H3/t12-/m0/s1. The molecule has 0 spiro atoms. The SMILES string of the molecule is CCOC(=O)C[C@@H]1CCCCN1C(=O)c1cnc2cc(C)[nH]n2c1=O. The molecule has 0 saturated carbocycles. The van der Waals surface area contributed by atoms with Gasteiger partial charge in [0.1, 0.15) is 5.56 Å². The van der Waals surface area contributed by atoms with Gasteiger partial charge in [0, 0.05) is 30.5 Å². The van der Waals surface area contributed by atoms with Crippen molar-refractivity contribution in [3.05, 3.63) is 33.9 Å². The van der Waals surface area contributed by atoms with E-state index in [0.717, 1.165) is 25.0 Å². The van der Waals surface area contributed by atoms with Crippen molar-refractivity contribution >= 4 is 17.5 Å². The summed E-state index contributed by atoms with van der Waals surface area (Å²) in [4.78, 5) is 43.2. The van der Waals surface area contributed by atoms with Crippen LogP contribution in [0, 0.1) is 6.92 Å². The van der Waals surface area contributed by atoms with E-state index in [-0.39, 0.29) is 29.9 Å². The van der Waals surface area contributed by atoms with Crippen molar-refractivity contribution in [3.63, 3.8) is 0 Å². The maximum Gasteiger partial charge on any atom is 0.307 e. The molecule has 1 amide bonds. The number of hydrogen-bond acceptors (Lipinski definition) is 5. The molecule has 0 radical (unpaired) electrons. The molecule has 2 aromatic rings. The lowest BCUT2D eigenvalue weighted by molar-refractivity contribution is -0.144. The number of ether oxygens (including phenoxy) is 1. The van der Waals surface area contributed by atoms with Crippen LogP contribution in [0.1, 0.15) is 48.7 Å². The highest BCUT2D eigenvalue weighted by Crippen LogP contribution is 2.21. The molecule has 1 aliphatic rings. The summed E-state index contributed by atoms with van der Waals surface area (Å²) in [5.41, 5.74) is 0.840. The van der Waals surface area contributed by atoms with Gasteiger partial charge in [-0.2, -0.15) is 0 Å². The highest BCUT2D eigenvalue weighted by atomic mass is 16.5. The largest absolute Gasteiger partial charge is 0.466 e. The number of nitrogens with zero attached hydrogens (tertiary/aromatic N) is 3. The molecule has 8 heteroatoms. The van der Waals surface area contributed by atoms with E-state index in [2.05, 4.69) is 10.1 Å². The highest BCUT2D eigenvalue weighted by Gasteiger charge is 2.31. The van der Waals surface area contributed by atoms with Crippen LogP contribution in [0.4, 0.5) is 0 Å². The minimum Gasteiger partial charge on any atom is -0.466 e. The molecule has 1 N–H and O–H groups in total. The molecule has 0 aromatic carbocycles. The van der Waals surface area contributed by atoms with Gasteiger partial charge in [-0.25, -0.2) is 9.50 Å². The van der Waals surface area contributed by atoms with Crippen LogP contribution in [0.2, 0.25) is 0 Å². The van der Waals surface area contributed by atoms with Gasteiger partial charge < -0.3 is 9.64 Å². The number of H-pyrrole nitrogens is 1. The number of esters is 1. The molecule has 25 heavy (non-hydrogen) atoms. The van der Waals surface area contributed by atoms with Crippen LogP contribution in [-0.4, -0.2) is 50.6 Å². The first-order valence-corrected chi connectivity index (χ1v) is 8.55. The molecular weight excluding hydrogens is 324 g/mol. The zero-order chi connectivity index (χ0) is 18.0. The Balaban J connectivity index is 1.88. The summed E-state index contributed by atoms with van der Waals surface area (Å²) in [7, 11) is 0. The lowest BCUT2D eigenvalue weighted by Gasteiger charge is -2.35. The summed E-state index contributed by atoms with van der Waals surface area (Å²) < 4.78 is 6.27. The van der Waals surface area contributed by atoms with Gasteiger partial charge in [-0.1, -0.05) is 0 Å². The van der Waals surface area contributed by atoms with E-state index in [4.69, 9.17) is 4.74 Å². The Bertz CT molecular complexity index is 854. The molecule has 3 heterocycles. The quantitative estimate of drug-likeness (QED) is 0.841. The Labute approximate surface area is 144 Å². The number of nitrogens with one attached hydrogen (secondary N) is 1. The van der Waals surface area contributed by atoms with Crippen LogP contribution in [-0.2, 0) is 9.53 Å². The summed E-state index contributed by atoms with van der Waals surface area (Å²) in [5.74, 6) is -0.703. The Morgan fingerprint density at radius 3 is 2.96 bits per heavy atom. The molecule has 1 saturated heterocycles. The summed E-state index contributed by atoms with van der Waals surface area (Å²) in [6, 6.07) is 1.49. The van der Waals surface area contributed by atoms with Crippen molar-refractivity contribution in [2.75, 3.05) is 13.2 Å². The van der Waals surface area contributed by atoms with Gasteiger partial charge in [-0.3, -0.25) is 19.5 Å². The lowest BCUT2D eigenvalue weighted by atomic mass is 9.98. The Kier molecular flexibility index (Phi) is 4.87. The smallest absolute Gasteiger partial charge is 0.307 e. The van der Waals surface area contributed by atoms with Gasteiger partial charge in [-0.15, -0.1) is 0 Å².